The van der Waals surface area contributed by atoms with Gasteiger partial charge in [-0.15, -0.1) is 10.2 Å². The Hall–Kier alpha value is -7.18. The smallest absolute Gasteiger partial charge is 0.261 e. The second-order valence-corrected chi connectivity index (χ2v) is 26.1. The fourth-order valence-electron chi connectivity index (χ4n) is 12.7. The molecule has 0 spiro atoms. The lowest BCUT2D eigenvalue weighted by atomic mass is 9.86. The molecule has 5 aliphatic rings. The molecule has 0 unspecified atom stereocenters. The second kappa shape index (κ2) is 31.8. The molecule has 3 aromatic carbocycles. The zero-order valence-corrected chi connectivity index (χ0v) is 53.2. The summed E-state index contributed by atoms with van der Waals surface area (Å²) in [5, 5.41) is 113. The van der Waals surface area contributed by atoms with Gasteiger partial charge < -0.3 is 86.9 Å². The third-order valence-corrected chi connectivity index (χ3v) is 19.4. The molecule has 0 bridgehead atoms. The molecule has 4 saturated heterocycles. The molecule has 5 fully saturated rings. The van der Waals surface area contributed by atoms with Gasteiger partial charge in [-0.3, -0.25) is 38.5 Å². The maximum Gasteiger partial charge on any atom is 0.261 e. The predicted octanol–water partition coefficient (Wildman–Crippen LogP) is -1.06. The minimum atomic E-state index is -2.10. The molecule has 93 heavy (non-hydrogen) atoms. The summed E-state index contributed by atoms with van der Waals surface area (Å²) in [5.41, 5.74) is 8.60. The molecule has 13 atom stereocenters. The average Bonchev–Trinajstić information content (AvgIpc) is 1.74. The number of hydrogen-bond donors (Lipinski definition) is 14. The topological polar surface area (TPSA) is 434 Å². The van der Waals surface area contributed by atoms with E-state index < -0.39 is 158 Å². The molecule has 1 aliphatic carbocycles. The van der Waals surface area contributed by atoms with E-state index in [1.807, 2.05) is 12.1 Å². The summed E-state index contributed by atoms with van der Waals surface area (Å²) in [5.74, 6) is -8.46. The van der Waals surface area contributed by atoms with Crippen LogP contribution in [0.5, 0.6) is 11.5 Å². The molecular formula is C61H82N12O18S2. The highest BCUT2D eigenvalue weighted by molar-refractivity contribution is 7.90. The fraction of sp³-hybridized carbons (Fsp3) is 0.557. The van der Waals surface area contributed by atoms with Crippen LogP contribution in [0.1, 0.15) is 81.6 Å². The third kappa shape index (κ3) is 17.2. The number of β-amino-alcohol motifs (C(OH)–C–C–N with tert-alkyl or cyclic N) is 1. The van der Waals surface area contributed by atoms with E-state index in [1.165, 1.54) is 68.2 Å². The van der Waals surface area contributed by atoms with Crippen molar-refractivity contribution in [2.45, 2.75) is 151 Å². The number of aromatic hydroxyl groups is 1. The van der Waals surface area contributed by atoms with Crippen LogP contribution in [0.2, 0.25) is 0 Å². The summed E-state index contributed by atoms with van der Waals surface area (Å²) in [4.78, 5) is 108. The molecule has 1 aromatic heterocycles. The monoisotopic (exact) mass is 1330 g/mol. The van der Waals surface area contributed by atoms with Crippen LogP contribution < -0.4 is 41.4 Å². The van der Waals surface area contributed by atoms with Gasteiger partial charge in [0.1, 0.15) is 46.3 Å². The van der Waals surface area contributed by atoms with Crippen LogP contribution in [0, 0.1) is 11.8 Å². The highest BCUT2D eigenvalue weighted by Gasteiger charge is 2.50. The molecule has 9 rings (SSSR count). The van der Waals surface area contributed by atoms with E-state index in [1.54, 1.807) is 12.1 Å². The van der Waals surface area contributed by atoms with Crippen molar-refractivity contribution in [3.05, 3.63) is 77.9 Å². The number of nitrogens with one attached hydrogen (secondary N) is 5. The quantitative estimate of drug-likeness (QED) is 0.0259. The maximum absolute atomic E-state index is 14.7. The van der Waals surface area contributed by atoms with E-state index in [0.717, 1.165) is 66.1 Å². The van der Waals surface area contributed by atoms with Crippen LogP contribution in [0.3, 0.4) is 0 Å². The first-order chi connectivity index (χ1) is 44.5. The number of aromatic nitrogens is 2. The lowest BCUT2D eigenvalue weighted by Gasteiger charge is -2.42. The molecular weight excluding hydrogens is 1250 g/mol. The van der Waals surface area contributed by atoms with Crippen LogP contribution in [0.15, 0.2) is 66.7 Å². The average molecular weight is 1340 g/mol. The first-order valence-corrected chi connectivity index (χ1v) is 32.6. The largest absolute Gasteiger partial charge is 0.504 e. The zero-order valence-electron chi connectivity index (χ0n) is 51.6. The number of nitrogens with two attached hydrogens (primary N) is 1. The summed E-state index contributed by atoms with van der Waals surface area (Å²) in [6.45, 7) is 7.20. The van der Waals surface area contributed by atoms with Crippen molar-refractivity contribution in [1.82, 2.24) is 51.5 Å². The molecule has 15 N–H and O–H groups in total. The first-order valence-electron chi connectivity index (χ1n) is 31.1. The van der Waals surface area contributed by atoms with Crippen molar-refractivity contribution in [1.29, 1.82) is 0 Å². The van der Waals surface area contributed by atoms with E-state index in [2.05, 4.69) is 75.0 Å². The number of nitrogens with zero attached hydrogens (tertiary/aromatic N) is 6. The van der Waals surface area contributed by atoms with Gasteiger partial charge in [0.2, 0.25) is 35.4 Å². The Kier molecular flexibility index (Phi) is 24.0. The van der Waals surface area contributed by atoms with E-state index in [0.29, 0.717) is 21.6 Å². The number of fused-ring (bicyclic) bond motifs is 2. The highest BCUT2D eigenvalue weighted by Crippen LogP contribution is 2.35. The number of carbonyl (C=O) groups excluding carboxylic acids is 7. The molecule has 7 amide bonds. The van der Waals surface area contributed by atoms with Crippen LogP contribution in [0.4, 0.5) is 5.69 Å². The number of phenolic OH excluding ortho intramolecular Hbond substituents is 1. The van der Waals surface area contributed by atoms with E-state index in [-0.39, 0.29) is 48.7 Å². The van der Waals surface area contributed by atoms with E-state index >= 15 is 0 Å². The van der Waals surface area contributed by atoms with Gasteiger partial charge in [0.05, 0.1) is 36.6 Å². The number of aliphatic hydroxyl groups is 6. The number of anilines is 1. The minimum absolute atomic E-state index is 0.0375. The van der Waals surface area contributed by atoms with Gasteiger partial charge in [0.25, 0.3) is 18.2 Å². The molecule has 30 nitrogen and oxygen atoms in total. The number of piperazine rings is 1. The summed E-state index contributed by atoms with van der Waals surface area (Å²) in [6, 6.07) is 7.60. The first kappa shape index (κ1) is 70.1. The molecule has 0 radical (unpaired) electrons. The molecule has 4 aromatic rings. The second-order valence-electron chi connectivity index (χ2n) is 24.6. The molecule has 4 aliphatic heterocycles. The number of rotatable bonds is 17. The normalized spacial score (nSPS) is 28.4. The Balaban J connectivity index is 0.949. The molecule has 1 saturated carbocycles. The van der Waals surface area contributed by atoms with Crippen molar-refractivity contribution in [3.63, 3.8) is 0 Å². The van der Waals surface area contributed by atoms with Gasteiger partial charge in [0, 0.05) is 99.4 Å². The van der Waals surface area contributed by atoms with Gasteiger partial charge in [0.15, 0.2) is 11.5 Å². The Morgan fingerprint density at radius 3 is 2.03 bits per heavy atom. The number of hydrogen-bond acceptors (Lipinski definition) is 25. The van der Waals surface area contributed by atoms with Crippen molar-refractivity contribution in [3.8, 4) is 32.6 Å². The van der Waals surface area contributed by atoms with Crippen LogP contribution in [-0.2, 0) is 44.6 Å². The van der Waals surface area contributed by atoms with Crippen LogP contribution in [-0.4, -0.2) is 239 Å². The van der Waals surface area contributed by atoms with E-state index in [4.69, 9.17) is 15.2 Å². The van der Waals surface area contributed by atoms with Gasteiger partial charge in [-0.25, -0.2) is 5.26 Å². The number of carbonyl (C=O) groups is 7. The Morgan fingerprint density at radius 2 is 1.39 bits per heavy atom. The Labute approximate surface area is 544 Å². The van der Waals surface area contributed by atoms with Crippen molar-refractivity contribution in [2.75, 3.05) is 57.3 Å². The Bertz CT molecular complexity index is 3250. The minimum Gasteiger partial charge on any atom is -0.504 e. The predicted molar refractivity (Wildman–Crippen MR) is 336 cm³/mol. The summed E-state index contributed by atoms with van der Waals surface area (Å²) in [7, 11) is 0. The van der Waals surface area contributed by atoms with E-state index in [9.17, 15) is 69.3 Å². The van der Waals surface area contributed by atoms with Gasteiger partial charge in [-0.1, -0.05) is 52.8 Å². The number of phenols is 1. The van der Waals surface area contributed by atoms with Crippen molar-refractivity contribution < 1.29 is 88.1 Å². The summed E-state index contributed by atoms with van der Waals surface area (Å²) >= 11 is 1.43. The lowest BCUT2D eigenvalue weighted by Crippen LogP contribution is -2.64. The van der Waals surface area contributed by atoms with Crippen molar-refractivity contribution >= 4 is 70.7 Å². The highest BCUT2D eigenvalue weighted by atomic mass is 32.2. The SMILES string of the molecule is CC1CCC(N2CCN(c3ccc(-c4nnc(-c5ccc(C(=O)N[C@H]6C[C@H](O)CNC(=O)[C@@H]7[C@@H](O)[C@H](C)CN7C(=O)[C@H]([C@H](O)CCN)NC(=O)[C@H]([C@H](O)Cc7ccc(O)c(OSOOO)c7)NC(=O)[C@@H]7C[C@H](O)CN7C(=O)[C@H]([C@H](C)O)NC6=O)cc5)s4)cc3)CC2)CC1. The zero-order chi connectivity index (χ0) is 66.8. The van der Waals surface area contributed by atoms with Crippen molar-refractivity contribution in [2.24, 2.45) is 17.6 Å². The Morgan fingerprint density at radius 1 is 0.753 bits per heavy atom. The maximum atomic E-state index is 14.7. The number of benzene rings is 3. The molecule has 506 valence electrons. The molecule has 32 heteroatoms. The van der Waals surface area contributed by atoms with Gasteiger partial charge in [-0.2, -0.15) is 0 Å². The molecule has 5 heterocycles. The van der Waals surface area contributed by atoms with Crippen LogP contribution in [0.25, 0.3) is 21.1 Å². The lowest BCUT2D eigenvalue weighted by molar-refractivity contribution is -0.433. The summed E-state index contributed by atoms with van der Waals surface area (Å²) in [6.07, 6.45) is -7.07. The number of amides is 7. The van der Waals surface area contributed by atoms with Gasteiger partial charge in [-0.05, 0) is 106 Å². The summed E-state index contributed by atoms with van der Waals surface area (Å²) < 4.78 is 9.35. The van der Waals surface area contributed by atoms with Gasteiger partial charge >= 0.3 is 0 Å². The third-order valence-electron chi connectivity index (χ3n) is 18.0. The fourth-order valence-corrected chi connectivity index (χ4v) is 13.8. The van der Waals surface area contributed by atoms with Crippen LogP contribution >= 0.6 is 23.7 Å². The standard InChI is InChI=1S/C61H82N12O18S2/c1-31-4-13-38(14-5-31)70-20-22-71(23-21-70)39-15-11-37(12-16-39)59-69-68-58(92-59)36-9-7-35(8-10-36)53(81)64-42-26-40(75)28-63-57(85)51-52(80)32(2)29-73(51)61(87)50(45(78)18-19-62)67-56(84)49(46(79)24-34-6-17-44(77)47(25-34)89-93-91-90-88)66-55(83)43-27-41(76)30-72(43)60(86)48(33(3)74)65-54(42)82/h6-12,15-17,25,31-33,38,40-43,45-46,48-52,74-80,88H,4-5,13-14,18-24,26-30,62H2,1-3H3,(H,63,85)(H,64,81)(H,65,82)(H,66,83)(H,67,84)/t31?,32-,33+,38?,40+,41+,42+,43+,45-,46-,48+,49+,50+,51+,52+/m1/s1. The number of aliphatic hydroxyl groups excluding tert-OH is 6.